The van der Waals surface area contributed by atoms with Gasteiger partial charge in [0.05, 0.1) is 5.56 Å². The molecule has 1 amide bonds. The van der Waals surface area contributed by atoms with Crippen LogP contribution in [0.3, 0.4) is 0 Å². The number of para-hydroxylation sites is 1. The maximum atomic E-state index is 12.7. The Morgan fingerprint density at radius 1 is 1.06 bits per heavy atom. The molecule has 0 radical (unpaired) electrons. The molecule has 2 aromatic carbocycles. The number of amides is 1. The molecule has 0 heterocycles. The van der Waals surface area contributed by atoms with Crippen LogP contribution in [0.25, 0.3) is 0 Å². The first-order valence-electron chi connectivity index (χ1n) is 5.54. The Balaban J connectivity index is 2.19. The first-order valence-corrected chi connectivity index (χ1v) is 5.54. The van der Waals surface area contributed by atoms with Crippen LogP contribution in [-0.2, 0) is 0 Å². The van der Waals surface area contributed by atoms with Crippen LogP contribution in [0.1, 0.15) is 10.4 Å². The van der Waals surface area contributed by atoms with E-state index in [9.17, 15) is 9.18 Å². The van der Waals surface area contributed by atoms with Crippen LogP contribution < -0.4 is 10.6 Å². The normalized spacial score (nSPS) is 9.89. The number of nitrogens with one attached hydrogen (secondary N) is 2. The summed E-state index contributed by atoms with van der Waals surface area (Å²) in [6.07, 6.45) is 0. The van der Waals surface area contributed by atoms with Gasteiger partial charge in [-0.3, -0.25) is 4.79 Å². The van der Waals surface area contributed by atoms with Crippen LogP contribution in [-0.4, -0.2) is 13.0 Å². The van der Waals surface area contributed by atoms with Crippen molar-refractivity contribution < 1.29 is 9.18 Å². The fourth-order valence-electron chi connectivity index (χ4n) is 1.63. The van der Waals surface area contributed by atoms with E-state index in [1.807, 2.05) is 12.1 Å². The predicted molar refractivity (Wildman–Crippen MR) is 70.3 cm³/mol. The second-order valence-electron chi connectivity index (χ2n) is 3.76. The molecule has 2 rings (SSSR count). The van der Waals surface area contributed by atoms with Crippen LogP contribution in [0.4, 0.5) is 15.8 Å². The smallest absolute Gasteiger partial charge is 0.257 e. The molecule has 0 saturated carbocycles. The first-order chi connectivity index (χ1) is 8.70. The van der Waals surface area contributed by atoms with E-state index >= 15 is 0 Å². The van der Waals surface area contributed by atoms with Crippen LogP contribution in [0.5, 0.6) is 0 Å². The van der Waals surface area contributed by atoms with E-state index in [1.165, 1.54) is 24.3 Å². The molecule has 0 spiro atoms. The van der Waals surface area contributed by atoms with E-state index < -0.39 is 0 Å². The lowest BCUT2D eigenvalue weighted by Gasteiger charge is -2.09. The lowest BCUT2D eigenvalue weighted by Crippen LogP contribution is -2.13. The van der Waals surface area contributed by atoms with Crippen molar-refractivity contribution in [3.63, 3.8) is 0 Å². The predicted octanol–water partition coefficient (Wildman–Crippen LogP) is 3.12. The van der Waals surface area contributed by atoms with Crippen molar-refractivity contribution in [2.45, 2.75) is 0 Å². The summed E-state index contributed by atoms with van der Waals surface area (Å²) in [5, 5.41) is 5.67. The van der Waals surface area contributed by atoms with E-state index in [0.29, 0.717) is 11.3 Å². The molecule has 0 saturated heterocycles. The van der Waals surface area contributed by atoms with Crippen molar-refractivity contribution in [1.82, 2.24) is 0 Å². The molecular formula is C14H13FN2O. The maximum absolute atomic E-state index is 12.7. The monoisotopic (exact) mass is 244 g/mol. The fraction of sp³-hybridized carbons (Fsp3) is 0.0714. The molecule has 0 aromatic heterocycles. The summed E-state index contributed by atoms with van der Waals surface area (Å²) in [6, 6.07) is 12.8. The zero-order valence-electron chi connectivity index (χ0n) is 9.91. The molecule has 0 aliphatic carbocycles. The number of carbonyl (C=O) groups is 1. The van der Waals surface area contributed by atoms with Gasteiger partial charge >= 0.3 is 0 Å². The molecule has 0 fully saturated rings. The molecule has 92 valence electrons. The Morgan fingerprint density at radius 3 is 2.39 bits per heavy atom. The molecule has 0 aliphatic rings. The van der Waals surface area contributed by atoms with Gasteiger partial charge in [0.25, 0.3) is 5.91 Å². The number of anilines is 2. The molecule has 4 heteroatoms. The van der Waals surface area contributed by atoms with Crippen molar-refractivity contribution in [2.75, 3.05) is 17.7 Å². The molecule has 2 aromatic rings. The van der Waals surface area contributed by atoms with E-state index in [2.05, 4.69) is 10.6 Å². The van der Waals surface area contributed by atoms with E-state index in [-0.39, 0.29) is 11.7 Å². The molecule has 0 atom stereocenters. The van der Waals surface area contributed by atoms with Crippen molar-refractivity contribution >= 4 is 17.3 Å². The van der Waals surface area contributed by atoms with E-state index in [0.717, 1.165) is 5.69 Å². The van der Waals surface area contributed by atoms with Crippen molar-refractivity contribution in [2.24, 2.45) is 0 Å². The van der Waals surface area contributed by atoms with Crippen LogP contribution >= 0.6 is 0 Å². The average Bonchev–Trinajstić information content (AvgIpc) is 2.41. The Morgan fingerprint density at radius 2 is 1.72 bits per heavy atom. The minimum absolute atomic E-state index is 0.230. The number of benzene rings is 2. The second-order valence-corrected chi connectivity index (χ2v) is 3.76. The van der Waals surface area contributed by atoms with Crippen LogP contribution in [0.15, 0.2) is 48.5 Å². The molecular weight excluding hydrogens is 231 g/mol. The second kappa shape index (κ2) is 5.31. The largest absolute Gasteiger partial charge is 0.387 e. The highest BCUT2D eigenvalue weighted by Crippen LogP contribution is 2.16. The third-order valence-electron chi connectivity index (χ3n) is 2.54. The number of hydrogen-bond acceptors (Lipinski definition) is 2. The van der Waals surface area contributed by atoms with Gasteiger partial charge in [0.2, 0.25) is 0 Å². The van der Waals surface area contributed by atoms with E-state index in [1.54, 1.807) is 19.2 Å². The van der Waals surface area contributed by atoms with Gasteiger partial charge in [-0.25, -0.2) is 4.39 Å². The molecule has 3 nitrogen and oxygen atoms in total. The third-order valence-corrected chi connectivity index (χ3v) is 2.54. The van der Waals surface area contributed by atoms with Crippen LogP contribution in [0, 0.1) is 5.82 Å². The van der Waals surface area contributed by atoms with Gasteiger partial charge in [-0.05, 0) is 36.4 Å². The lowest BCUT2D eigenvalue weighted by atomic mass is 10.1. The molecule has 0 bridgehead atoms. The minimum atomic E-state index is -0.330. The van der Waals surface area contributed by atoms with Crippen molar-refractivity contribution in [3.05, 3.63) is 59.9 Å². The quantitative estimate of drug-likeness (QED) is 0.871. The van der Waals surface area contributed by atoms with Gasteiger partial charge in [-0.2, -0.15) is 0 Å². The summed E-state index contributed by atoms with van der Waals surface area (Å²) in [5.74, 6) is -0.560. The summed E-state index contributed by atoms with van der Waals surface area (Å²) in [5.41, 5.74) is 1.86. The standard InChI is InChI=1S/C14H13FN2O/c1-16-13-5-3-2-4-12(13)14(18)17-11-8-6-10(15)7-9-11/h2-9,16H,1H3,(H,17,18). The Hall–Kier alpha value is -2.36. The SMILES string of the molecule is CNc1ccccc1C(=O)Nc1ccc(F)cc1. The Bertz CT molecular complexity index is 552. The number of hydrogen-bond donors (Lipinski definition) is 2. The summed E-state index contributed by atoms with van der Waals surface area (Å²) in [4.78, 5) is 12.0. The zero-order valence-corrected chi connectivity index (χ0v) is 9.91. The summed E-state index contributed by atoms with van der Waals surface area (Å²) in [7, 11) is 1.75. The highest BCUT2D eigenvalue weighted by molar-refractivity contribution is 6.07. The average molecular weight is 244 g/mol. The highest BCUT2D eigenvalue weighted by Gasteiger charge is 2.09. The van der Waals surface area contributed by atoms with Gasteiger partial charge < -0.3 is 10.6 Å². The van der Waals surface area contributed by atoms with Gasteiger partial charge in [-0.1, -0.05) is 12.1 Å². The topological polar surface area (TPSA) is 41.1 Å². The van der Waals surface area contributed by atoms with Crippen LogP contribution in [0.2, 0.25) is 0 Å². The molecule has 0 aliphatic heterocycles. The molecule has 18 heavy (non-hydrogen) atoms. The minimum Gasteiger partial charge on any atom is -0.387 e. The number of rotatable bonds is 3. The number of halogens is 1. The summed E-state index contributed by atoms with van der Waals surface area (Å²) < 4.78 is 12.7. The maximum Gasteiger partial charge on any atom is 0.257 e. The van der Waals surface area contributed by atoms with Gasteiger partial charge in [0.1, 0.15) is 5.82 Å². The molecule has 0 unspecified atom stereocenters. The third kappa shape index (κ3) is 2.66. The Labute approximate surface area is 105 Å². The summed E-state index contributed by atoms with van der Waals surface area (Å²) in [6.45, 7) is 0. The lowest BCUT2D eigenvalue weighted by molar-refractivity contribution is 0.102. The van der Waals surface area contributed by atoms with E-state index in [4.69, 9.17) is 0 Å². The first kappa shape index (κ1) is 12.1. The van der Waals surface area contributed by atoms with Gasteiger partial charge in [0.15, 0.2) is 0 Å². The fourth-order valence-corrected chi connectivity index (χ4v) is 1.63. The van der Waals surface area contributed by atoms with Gasteiger partial charge in [-0.15, -0.1) is 0 Å². The molecule has 2 N–H and O–H groups in total. The van der Waals surface area contributed by atoms with Gasteiger partial charge in [0, 0.05) is 18.4 Å². The summed E-state index contributed by atoms with van der Waals surface area (Å²) >= 11 is 0. The Kier molecular flexibility index (Phi) is 3.57. The zero-order chi connectivity index (χ0) is 13.0. The van der Waals surface area contributed by atoms with Crippen molar-refractivity contribution in [3.8, 4) is 0 Å². The van der Waals surface area contributed by atoms with Crippen molar-refractivity contribution in [1.29, 1.82) is 0 Å². The number of carbonyl (C=O) groups excluding carboxylic acids is 1. The highest BCUT2D eigenvalue weighted by atomic mass is 19.1.